The largest absolute Gasteiger partial charge is 0.497 e. The number of benzene rings is 2. The molecule has 0 aliphatic carbocycles. The summed E-state index contributed by atoms with van der Waals surface area (Å²) in [5.41, 5.74) is 5.07. The van der Waals surface area contributed by atoms with Gasteiger partial charge in [-0.25, -0.2) is 0 Å². The summed E-state index contributed by atoms with van der Waals surface area (Å²) in [6, 6.07) is 16.0. The van der Waals surface area contributed by atoms with Crippen LogP contribution < -0.4 is 10.1 Å². The van der Waals surface area contributed by atoms with Gasteiger partial charge in [-0.3, -0.25) is 0 Å². The lowest BCUT2D eigenvalue weighted by atomic mass is 9.94. The zero-order valence-electron chi connectivity index (χ0n) is 20.3. The summed E-state index contributed by atoms with van der Waals surface area (Å²) in [6.45, 7) is 5.68. The number of aromatic nitrogens is 2. The van der Waals surface area contributed by atoms with Crippen LogP contribution in [-0.4, -0.2) is 46.5 Å². The molecule has 2 aromatic carbocycles. The van der Waals surface area contributed by atoms with Gasteiger partial charge in [-0.2, -0.15) is 4.98 Å². The molecule has 5 rings (SSSR count). The predicted molar refractivity (Wildman–Crippen MR) is 139 cm³/mol. The SMILES string of the molecule is CCc1ccc(-c2noc(C3=C(C)N(CC4CCCO4)C(=S)NC3c3cccc(OC)c3)n2)cc1. The van der Waals surface area contributed by atoms with E-state index in [0.29, 0.717) is 23.4 Å². The number of thiocarbonyl (C=S) groups is 1. The summed E-state index contributed by atoms with van der Waals surface area (Å²) in [5, 5.41) is 8.48. The van der Waals surface area contributed by atoms with Gasteiger partial charge in [-0.1, -0.05) is 48.5 Å². The lowest BCUT2D eigenvalue weighted by Gasteiger charge is -2.38. The third kappa shape index (κ3) is 4.81. The van der Waals surface area contributed by atoms with Gasteiger partial charge in [0.05, 0.1) is 31.4 Å². The number of rotatable bonds is 7. The summed E-state index contributed by atoms with van der Waals surface area (Å²) in [6.07, 6.45) is 3.23. The van der Waals surface area contributed by atoms with Crippen molar-refractivity contribution in [2.45, 2.75) is 45.3 Å². The number of hydrogen-bond donors (Lipinski definition) is 1. The summed E-state index contributed by atoms with van der Waals surface area (Å²) in [5.74, 6) is 1.81. The Labute approximate surface area is 211 Å². The van der Waals surface area contributed by atoms with E-state index in [-0.39, 0.29) is 12.1 Å². The third-order valence-electron chi connectivity index (χ3n) is 6.71. The van der Waals surface area contributed by atoms with Crippen LogP contribution in [0.15, 0.2) is 58.8 Å². The Hall–Kier alpha value is -3.23. The molecule has 0 bridgehead atoms. The van der Waals surface area contributed by atoms with Crippen LogP contribution in [0.2, 0.25) is 0 Å². The Bertz CT molecular complexity index is 1230. The standard InChI is InChI=1S/C27H30N4O3S/c1-4-18-10-12-19(13-11-18)25-29-26(34-30-25)23-17(2)31(16-22-9-6-14-33-22)27(35)28-24(23)20-7-5-8-21(15-20)32-3/h5,7-8,10-13,15,22,24H,4,6,9,14,16H2,1-3H3,(H,28,35). The first-order valence-electron chi connectivity index (χ1n) is 12.0. The van der Waals surface area contributed by atoms with E-state index in [0.717, 1.165) is 54.0 Å². The molecule has 2 aliphatic heterocycles. The molecule has 2 aliphatic rings. The number of methoxy groups -OCH3 is 1. The zero-order chi connectivity index (χ0) is 24.4. The minimum Gasteiger partial charge on any atom is -0.497 e. The van der Waals surface area contributed by atoms with Crippen molar-refractivity contribution in [1.29, 1.82) is 0 Å². The Morgan fingerprint density at radius 3 is 2.74 bits per heavy atom. The van der Waals surface area contributed by atoms with Crippen molar-refractivity contribution in [2.75, 3.05) is 20.3 Å². The topological polar surface area (TPSA) is 72.7 Å². The molecule has 8 heteroatoms. The van der Waals surface area contributed by atoms with Crippen LogP contribution in [0, 0.1) is 0 Å². The molecule has 1 aromatic heterocycles. The van der Waals surface area contributed by atoms with Crippen molar-refractivity contribution < 1.29 is 14.0 Å². The van der Waals surface area contributed by atoms with Crippen LogP contribution in [0.25, 0.3) is 17.0 Å². The van der Waals surface area contributed by atoms with Gasteiger partial charge in [-0.05, 0) is 61.7 Å². The summed E-state index contributed by atoms with van der Waals surface area (Å²) >= 11 is 5.81. The number of allylic oxidation sites excluding steroid dienone is 1. The monoisotopic (exact) mass is 490 g/mol. The minimum absolute atomic E-state index is 0.148. The molecular weight excluding hydrogens is 460 g/mol. The Morgan fingerprint density at radius 1 is 1.20 bits per heavy atom. The smallest absolute Gasteiger partial charge is 0.258 e. The molecule has 2 unspecified atom stereocenters. The number of hydrogen-bond acceptors (Lipinski definition) is 6. The van der Waals surface area contributed by atoms with Gasteiger partial charge in [0.25, 0.3) is 5.89 Å². The molecule has 1 saturated heterocycles. The van der Waals surface area contributed by atoms with Crippen LogP contribution in [0.4, 0.5) is 0 Å². The molecule has 0 amide bonds. The first kappa shape index (κ1) is 23.5. The molecule has 0 spiro atoms. The van der Waals surface area contributed by atoms with Crippen molar-refractivity contribution in [2.24, 2.45) is 0 Å². The molecule has 3 aromatic rings. The molecular formula is C27H30N4O3S. The fourth-order valence-corrected chi connectivity index (χ4v) is 5.01. The highest BCUT2D eigenvalue weighted by atomic mass is 32.1. The molecule has 2 atom stereocenters. The predicted octanol–water partition coefficient (Wildman–Crippen LogP) is 5.15. The zero-order valence-corrected chi connectivity index (χ0v) is 21.1. The van der Waals surface area contributed by atoms with Crippen LogP contribution in [0.5, 0.6) is 5.75 Å². The minimum atomic E-state index is -0.255. The second kappa shape index (κ2) is 10.2. The van der Waals surface area contributed by atoms with Crippen molar-refractivity contribution >= 4 is 22.9 Å². The van der Waals surface area contributed by atoms with E-state index in [2.05, 4.69) is 41.4 Å². The molecule has 0 saturated carbocycles. The maximum Gasteiger partial charge on any atom is 0.258 e. The van der Waals surface area contributed by atoms with E-state index in [1.165, 1.54) is 5.56 Å². The maximum absolute atomic E-state index is 5.90. The molecule has 1 fully saturated rings. The summed E-state index contributed by atoms with van der Waals surface area (Å²) in [7, 11) is 1.66. The van der Waals surface area contributed by atoms with Gasteiger partial charge in [-0.15, -0.1) is 0 Å². The van der Waals surface area contributed by atoms with Crippen molar-refractivity contribution in [3.8, 4) is 17.1 Å². The van der Waals surface area contributed by atoms with Gasteiger partial charge in [0.15, 0.2) is 5.11 Å². The van der Waals surface area contributed by atoms with Crippen LogP contribution in [-0.2, 0) is 11.2 Å². The van der Waals surface area contributed by atoms with Gasteiger partial charge in [0, 0.05) is 17.9 Å². The van der Waals surface area contributed by atoms with Gasteiger partial charge in [0.1, 0.15) is 5.75 Å². The second-order valence-corrected chi connectivity index (χ2v) is 9.26. The average Bonchev–Trinajstić information content (AvgIpc) is 3.59. The molecule has 7 nitrogen and oxygen atoms in total. The van der Waals surface area contributed by atoms with Crippen molar-refractivity contribution in [3.63, 3.8) is 0 Å². The molecule has 1 N–H and O–H groups in total. The lowest BCUT2D eigenvalue weighted by molar-refractivity contribution is 0.0962. The second-order valence-electron chi connectivity index (χ2n) is 8.88. The Kier molecular flexibility index (Phi) is 6.83. The number of nitrogens with one attached hydrogen (secondary N) is 1. The maximum atomic E-state index is 5.90. The third-order valence-corrected chi connectivity index (χ3v) is 7.05. The van der Waals surface area contributed by atoms with E-state index < -0.39 is 0 Å². The fraction of sp³-hybridized carbons (Fsp3) is 0.370. The first-order valence-corrected chi connectivity index (χ1v) is 12.5. The first-order chi connectivity index (χ1) is 17.1. The molecule has 3 heterocycles. The highest BCUT2D eigenvalue weighted by Crippen LogP contribution is 2.38. The highest BCUT2D eigenvalue weighted by molar-refractivity contribution is 7.80. The number of aryl methyl sites for hydroxylation is 1. The summed E-state index contributed by atoms with van der Waals surface area (Å²) < 4.78 is 17.2. The summed E-state index contributed by atoms with van der Waals surface area (Å²) in [4.78, 5) is 6.91. The Morgan fingerprint density at radius 2 is 2.03 bits per heavy atom. The van der Waals surface area contributed by atoms with E-state index >= 15 is 0 Å². The van der Waals surface area contributed by atoms with Gasteiger partial charge in [0.2, 0.25) is 5.82 Å². The van der Waals surface area contributed by atoms with Crippen molar-refractivity contribution in [3.05, 3.63) is 71.2 Å². The average molecular weight is 491 g/mol. The molecule has 35 heavy (non-hydrogen) atoms. The van der Waals surface area contributed by atoms with Gasteiger partial charge < -0.3 is 24.2 Å². The van der Waals surface area contributed by atoms with E-state index in [4.69, 9.17) is 31.2 Å². The lowest BCUT2D eigenvalue weighted by Crippen LogP contribution is -2.48. The molecule has 0 radical (unpaired) electrons. The highest BCUT2D eigenvalue weighted by Gasteiger charge is 2.35. The van der Waals surface area contributed by atoms with E-state index in [9.17, 15) is 0 Å². The van der Waals surface area contributed by atoms with Crippen LogP contribution in [0.3, 0.4) is 0 Å². The molecule has 182 valence electrons. The van der Waals surface area contributed by atoms with Crippen LogP contribution >= 0.6 is 12.2 Å². The Balaban J connectivity index is 1.56. The number of nitrogens with zero attached hydrogens (tertiary/aromatic N) is 3. The quantitative estimate of drug-likeness (QED) is 0.456. The fourth-order valence-electron chi connectivity index (χ4n) is 4.68. The van der Waals surface area contributed by atoms with Crippen molar-refractivity contribution in [1.82, 2.24) is 20.4 Å². The normalized spacial score (nSPS) is 20.3. The number of ether oxygens (including phenoxy) is 2. The van der Waals surface area contributed by atoms with Crippen LogP contribution in [0.1, 0.15) is 49.7 Å². The van der Waals surface area contributed by atoms with E-state index in [1.807, 2.05) is 36.4 Å². The van der Waals surface area contributed by atoms with Gasteiger partial charge >= 0.3 is 0 Å². The van der Waals surface area contributed by atoms with E-state index in [1.54, 1.807) is 7.11 Å².